The molecule has 1 unspecified atom stereocenters. The Morgan fingerprint density at radius 1 is 1.33 bits per heavy atom. The van der Waals surface area contributed by atoms with Crippen LogP contribution in [0.4, 0.5) is 0 Å². The summed E-state index contributed by atoms with van der Waals surface area (Å²) in [5.74, 6) is -0.0370. The zero-order valence-corrected chi connectivity index (χ0v) is 15.9. The number of aromatic amines is 1. The second-order valence-electron chi connectivity index (χ2n) is 6.59. The Bertz CT molecular complexity index is 1210. The van der Waals surface area contributed by atoms with Crippen molar-refractivity contribution >= 4 is 17.0 Å². The molecule has 27 heavy (non-hydrogen) atoms. The molecule has 4 aromatic heterocycles. The first-order valence-electron chi connectivity index (χ1n) is 8.48. The summed E-state index contributed by atoms with van der Waals surface area (Å²) in [6.07, 6.45) is 5.06. The van der Waals surface area contributed by atoms with Gasteiger partial charge in [-0.2, -0.15) is 10.4 Å². The molecular weight excluding hydrogens is 362 g/mol. The lowest BCUT2D eigenvalue weighted by molar-refractivity contribution is 0.554. The van der Waals surface area contributed by atoms with Crippen LogP contribution in [0.25, 0.3) is 16.9 Å². The zero-order chi connectivity index (χ0) is 19.1. The minimum Gasteiger partial charge on any atom is -0.295 e. The third-order valence-electron chi connectivity index (χ3n) is 4.55. The predicted molar refractivity (Wildman–Crippen MR) is 102 cm³/mol. The molecule has 0 saturated heterocycles. The lowest BCUT2D eigenvalue weighted by Gasteiger charge is -2.11. The monoisotopic (exact) mass is 379 g/mol. The molecule has 136 valence electrons. The summed E-state index contributed by atoms with van der Waals surface area (Å²) >= 11 is 1.54. The molecule has 0 aliphatic heterocycles. The van der Waals surface area contributed by atoms with Crippen LogP contribution in [0.1, 0.15) is 49.6 Å². The van der Waals surface area contributed by atoms with Gasteiger partial charge in [0.25, 0.3) is 5.56 Å². The number of hydrogen-bond acceptors (Lipinski definition) is 6. The highest BCUT2D eigenvalue weighted by Crippen LogP contribution is 2.27. The highest BCUT2D eigenvalue weighted by Gasteiger charge is 2.21. The van der Waals surface area contributed by atoms with Crippen LogP contribution in [0, 0.1) is 11.3 Å². The average Bonchev–Trinajstić information content (AvgIpc) is 3.39. The van der Waals surface area contributed by atoms with E-state index in [0.29, 0.717) is 22.5 Å². The van der Waals surface area contributed by atoms with Gasteiger partial charge in [0.1, 0.15) is 11.6 Å². The van der Waals surface area contributed by atoms with Crippen molar-refractivity contribution in [2.45, 2.75) is 32.7 Å². The molecule has 0 fully saturated rings. The van der Waals surface area contributed by atoms with Crippen molar-refractivity contribution < 1.29 is 0 Å². The van der Waals surface area contributed by atoms with E-state index in [4.69, 9.17) is 0 Å². The molecule has 4 aromatic rings. The molecule has 0 spiro atoms. The summed E-state index contributed by atoms with van der Waals surface area (Å²) in [6, 6.07) is 2.04. The SMILES string of the molecule is CC(C)c1c(-c2cnn(C(C)c3cscn3)c2)nc2c(C#N)c[nH]n2c1=O. The number of aromatic nitrogens is 6. The summed E-state index contributed by atoms with van der Waals surface area (Å²) < 4.78 is 3.13. The van der Waals surface area contributed by atoms with E-state index in [1.165, 1.54) is 22.0 Å². The van der Waals surface area contributed by atoms with Crippen LogP contribution in [0.5, 0.6) is 0 Å². The molecule has 8 nitrogen and oxygen atoms in total. The van der Waals surface area contributed by atoms with E-state index in [2.05, 4.69) is 26.2 Å². The number of hydrogen-bond donors (Lipinski definition) is 1. The fourth-order valence-electron chi connectivity index (χ4n) is 3.09. The molecule has 0 radical (unpaired) electrons. The Morgan fingerprint density at radius 3 is 2.81 bits per heavy atom. The van der Waals surface area contributed by atoms with Gasteiger partial charge >= 0.3 is 0 Å². The molecule has 4 rings (SSSR count). The first-order valence-corrected chi connectivity index (χ1v) is 9.42. The number of H-pyrrole nitrogens is 1. The van der Waals surface area contributed by atoms with Crippen LogP contribution in [0.15, 0.2) is 34.3 Å². The Hall–Kier alpha value is -3.25. The van der Waals surface area contributed by atoms with Crippen molar-refractivity contribution in [3.63, 3.8) is 0 Å². The van der Waals surface area contributed by atoms with Gasteiger partial charge in [-0.15, -0.1) is 11.3 Å². The number of nitriles is 1. The molecule has 0 aliphatic rings. The molecule has 0 aromatic carbocycles. The van der Waals surface area contributed by atoms with Gasteiger partial charge < -0.3 is 0 Å². The van der Waals surface area contributed by atoms with Gasteiger partial charge in [-0.25, -0.2) is 14.5 Å². The fraction of sp³-hybridized carbons (Fsp3) is 0.278. The normalized spacial score (nSPS) is 12.6. The van der Waals surface area contributed by atoms with Crippen LogP contribution in [0.3, 0.4) is 0 Å². The third-order valence-corrected chi connectivity index (χ3v) is 5.15. The molecule has 9 heteroatoms. The van der Waals surface area contributed by atoms with Crippen molar-refractivity contribution in [1.82, 2.24) is 29.4 Å². The fourth-order valence-corrected chi connectivity index (χ4v) is 3.73. The molecule has 1 atom stereocenters. The number of nitrogens with one attached hydrogen (secondary N) is 1. The maximum atomic E-state index is 13.0. The van der Waals surface area contributed by atoms with Crippen molar-refractivity contribution in [2.24, 2.45) is 0 Å². The van der Waals surface area contributed by atoms with Crippen LogP contribution < -0.4 is 5.56 Å². The van der Waals surface area contributed by atoms with Crippen LogP contribution >= 0.6 is 11.3 Å². The summed E-state index contributed by atoms with van der Waals surface area (Å²) in [5.41, 5.74) is 5.05. The van der Waals surface area contributed by atoms with Crippen molar-refractivity contribution in [3.8, 4) is 17.3 Å². The number of nitrogens with zero attached hydrogens (tertiary/aromatic N) is 6. The van der Waals surface area contributed by atoms with Crippen molar-refractivity contribution in [1.29, 1.82) is 5.26 Å². The summed E-state index contributed by atoms with van der Waals surface area (Å²) in [7, 11) is 0. The van der Waals surface area contributed by atoms with Gasteiger partial charge in [-0.3, -0.25) is 14.6 Å². The van der Waals surface area contributed by atoms with Crippen LogP contribution in [-0.2, 0) is 0 Å². The van der Waals surface area contributed by atoms with E-state index >= 15 is 0 Å². The standard InChI is InChI=1S/C18H17N7OS/c1-10(2)15-16(23-17-12(4-19)5-22-25(17)18(15)26)13-6-21-24(7-13)11(3)14-8-27-9-20-14/h5-11,22H,1-3H3. The second kappa shape index (κ2) is 6.48. The maximum absolute atomic E-state index is 13.0. The topological polar surface area (TPSA) is 105 Å². The average molecular weight is 379 g/mol. The van der Waals surface area contributed by atoms with Crippen molar-refractivity contribution in [3.05, 3.63) is 56.7 Å². The summed E-state index contributed by atoms with van der Waals surface area (Å²) in [6.45, 7) is 5.91. The van der Waals surface area contributed by atoms with Gasteiger partial charge in [0.2, 0.25) is 0 Å². The highest BCUT2D eigenvalue weighted by atomic mass is 32.1. The predicted octanol–water partition coefficient (Wildman–Crippen LogP) is 2.95. The smallest absolute Gasteiger partial charge is 0.276 e. The van der Waals surface area contributed by atoms with Gasteiger partial charge in [-0.05, 0) is 12.8 Å². The second-order valence-corrected chi connectivity index (χ2v) is 7.31. The largest absolute Gasteiger partial charge is 0.295 e. The zero-order valence-electron chi connectivity index (χ0n) is 15.0. The van der Waals surface area contributed by atoms with E-state index < -0.39 is 0 Å². The number of rotatable bonds is 4. The van der Waals surface area contributed by atoms with Gasteiger partial charge in [-0.1, -0.05) is 13.8 Å². The first kappa shape index (κ1) is 17.2. The minimum absolute atomic E-state index is 0.0285. The lowest BCUT2D eigenvalue weighted by atomic mass is 10.00. The molecule has 1 N–H and O–H groups in total. The van der Waals surface area contributed by atoms with Gasteiger partial charge in [0, 0.05) is 28.9 Å². The van der Waals surface area contributed by atoms with E-state index in [-0.39, 0.29) is 17.5 Å². The quantitative estimate of drug-likeness (QED) is 0.587. The van der Waals surface area contributed by atoms with Gasteiger partial charge in [0.15, 0.2) is 5.65 Å². The molecule has 4 heterocycles. The van der Waals surface area contributed by atoms with E-state index in [9.17, 15) is 10.1 Å². The third kappa shape index (κ3) is 2.74. The van der Waals surface area contributed by atoms with Crippen molar-refractivity contribution in [2.75, 3.05) is 0 Å². The Labute approximate surface area is 158 Å². The Balaban J connectivity index is 1.90. The number of thiazole rings is 1. The lowest BCUT2D eigenvalue weighted by Crippen LogP contribution is -2.22. The summed E-state index contributed by atoms with van der Waals surface area (Å²) in [4.78, 5) is 21.9. The molecular formula is C18H17N7OS. The molecule has 0 bridgehead atoms. The minimum atomic E-state index is -0.202. The Morgan fingerprint density at radius 2 is 2.15 bits per heavy atom. The number of fused-ring (bicyclic) bond motifs is 1. The van der Waals surface area contributed by atoms with Crippen LogP contribution in [0.2, 0.25) is 0 Å². The van der Waals surface area contributed by atoms with Crippen LogP contribution in [-0.4, -0.2) is 29.4 Å². The molecule has 0 aliphatic carbocycles. The highest BCUT2D eigenvalue weighted by molar-refractivity contribution is 7.07. The first-order chi connectivity index (χ1) is 13.0. The summed E-state index contributed by atoms with van der Waals surface area (Å²) in [5, 5.41) is 18.5. The molecule has 0 amide bonds. The molecule has 0 saturated carbocycles. The maximum Gasteiger partial charge on any atom is 0.276 e. The van der Waals surface area contributed by atoms with Gasteiger partial charge in [0.05, 0.1) is 29.1 Å². The van der Waals surface area contributed by atoms with E-state index in [0.717, 1.165) is 11.3 Å². The van der Waals surface area contributed by atoms with E-state index in [1.807, 2.05) is 32.3 Å². The van der Waals surface area contributed by atoms with E-state index in [1.54, 1.807) is 16.4 Å². The Kier molecular flexibility index (Phi) is 4.12.